The van der Waals surface area contributed by atoms with E-state index in [0.29, 0.717) is 13.0 Å². The van der Waals surface area contributed by atoms with Crippen molar-refractivity contribution in [2.45, 2.75) is 116 Å². The van der Waals surface area contributed by atoms with Crippen LogP contribution in [0.2, 0.25) is 0 Å². The van der Waals surface area contributed by atoms with E-state index in [4.69, 9.17) is 4.74 Å². The zero-order valence-corrected chi connectivity index (χ0v) is 19.4. The molecular weight excluding hydrogens is 435 g/mol. The highest BCUT2D eigenvalue weighted by atomic mass is 127. The summed E-state index contributed by atoms with van der Waals surface area (Å²) in [7, 11) is 0. The fourth-order valence-electron chi connectivity index (χ4n) is 2.97. The molecule has 0 aromatic rings. The number of halogens is 1. The van der Waals surface area contributed by atoms with Crippen LogP contribution in [0.4, 0.5) is 0 Å². The SMILES string of the molecule is CCCCCCCC/C=C\CCCCCCCC(=O)OCCCCCI. The van der Waals surface area contributed by atoms with Crippen LogP contribution in [0.25, 0.3) is 0 Å². The van der Waals surface area contributed by atoms with Crippen molar-refractivity contribution in [2.24, 2.45) is 0 Å². The topological polar surface area (TPSA) is 26.3 Å². The second-order valence-corrected chi connectivity index (χ2v) is 8.38. The molecule has 26 heavy (non-hydrogen) atoms. The summed E-state index contributed by atoms with van der Waals surface area (Å²) >= 11 is 2.39. The van der Waals surface area contributed by atoms with Gasteiger partial charge in [0.2, 0.25) is 0 Å². The van der Waals surface area contributed by atoms with Gasteiger partial charge in [0.25, 0.3) is 0 Å². The van der Waals surface area contributed by atoms with Crippen LogP contribution in [-0.4, -0.2) is 17.0 Å². The first-order chi connectivity index (χ1) is 12.8. The Kier molecular flexibility index (Phi) is 22.9. The molecule has 0 aliphatic rings. The Morgan fingerprint density at radius 3 is 1.88 bits per heavy atom. The van der Waals surface area contributed by atoms with E-state index in [1.54, 1.807) is 0 Å². The normalized spacial score (nSPS) is 11.3. The Labute approximate surface area is 177 Å². The third-order valence-electron chi connectivity index (χ3n) is 4.68. The van der Waals surface area contributed by atoms with Crippen molar-refractivity contribution in [3.05, 3.63) is 12.2 Å². The van der Waals surface area contributed by atoms with Gasteiger partial charge in [0.05, 0.1) is 6.61 Å². The van der Waals surface area contributed by atoms with E-state index in [0.717, 1.165) is 19.3 Å². The predicted octanol–water partition coefficient (Wildman–Crippen LogP) is 8.17. The second-order valence-electron chi connectivity index (χ2n) is 7.30. The number of allylic oxidation sites excluding steroid dienone is 2. The second kappa shape index (κ2) is 23.0. The summed E-state index contributed by atoms with van der Waals surface area (Å²) in [5.74, 6) is -0.00268. The molecule has 0 amide bonds. The van der Waals surface area contributed by atoms with E-state index >= 15 is 0 Å². The Hall–Kier alpha value is -0.0600. The van der Waals surface area contributed by atoms with Crippen LogP contribution in [0.15, 0.2) is 12.2 Å². The smallest absolute Gasteiger partial charge is 0.305 e. The van der Waals surface area contributed by atoms with Gasteiger partial charge in [0.15, 0.2) is 0 Å². The number of hydrogen-bond donors (Lipinski definition) is 0. The van der Waals surface area contributed by atoms with Gasteiger partial charge in [-0.15, -0.1) is 0 Å². The number of esters is 1. The Balaban J connectivity index is 3.18. The highest BCUT2D eigenvalue weighted by Crippen LogP contribution is 2.10. The summed E-state index contributed by atoms with van der Waals surface area (Å²) in [6, 6.07) is 0. The quantitative estimate of drug-likeness (QED) is 0.0580. The van der Waals surface area contributed by atoms with Crippen molar-refractivity contribution in [3.63, 3.8) is 0 Å². The van der Waals surface area contributed by atoms with Crippen molar-refractivity contribution >= 4 is 28.6 Å². The van der Waals surface area contributed by atoms with Crippen molar-refractivity contribution in [2.75, 3.05) is 11.0 Å². The van der Waals surface area contributed by atoms with Crippen LogP contribution in [0.1, 0.15) is 116 Å². The summed E-state index contributed by atoms with van der Waals surface area (Å²) in [4.78, 5) is 11.6. The molecule has 154 valence electrons. The zero-order valence-electron chi connectivity index (χ0n) is 17.3. The molecule has 0 saturated heterocycles. The van der Waals surface area contributed by atoms with Crippen LogP contribution < -0.4 is 0 Å². The monoisotopic (exact) mass is 478 g/mol. The molecule has 0 aromatic carbocycles. The molecule has 0 aromatic heterocycles. The lowest BCUT2D eigenvalue weighted by molar-refractivity contribution is -0.143. The third kappa shape index (κ3) is 22.0. The van der Waals surface area contributed by atoms with Crippen LogP contribution in [0.5, 0.6) is 0 Å². The van der Waals surface area contributed by atoms with Gasteiger partial charge >= 0.3 is 5.97 Å². The van der Waals surface area contributed by atoms with Gasteiger partial charge in [0.1, 0.15) is 0 Å². The fraction of sp³-hybridized carbons (Fsp3) is 0.870. The van der Waals surface area contributed by atoms with E-state index < -0.39 is 0 Å². The van der Waals surface area contributed by atoms with Crippen molar-refractivity contribution < 1.29 is 9.53 Å². The summed E-state index contributed by atoms with van der Waals surface area (Å²) in [5, 5.41) is 0. The Morgan fingerprint density at radius 2 is 1.27 bits per heavy atom. The van der Waals surface area contributed by atoms with E-state index in [-0.39, 0.29) is 5.97 Å². The number of unbranched alkanes of at least 4 members (excludes halogenated alkanes) is 13. The molecule has 2 nitrogen and oxygen atoms in total. The molecule has 0 fully saturated rings. The van der Waals surface area contributed by atoms with E-state index in [2.05, 4.69) is 41.7 Å². The van der Waals surface area contributed by atoms with Crippen LogP contribution in [-0.2, 0) is 9.53 Å². The van der Waals surface area contributed by atoms with Gasteiger partial charge in [-0.25, -0.2) is 0 Å². The molecule has 0 rings (SSSR count). The summed E-state index contributed by atoms with van der Waals surface area (Å²) in [5.41, 5.74) is 0. The zero-order chi connectivity index (χ0) is 19.1. The molecule has 3 heteroatoms. The average molecular weight is 478 g/mol. The minimum Gasteiger partial charge on any atom is -0.466 e. The molecule has 0 aliphatic heterocycles. The standard InChI is InChI=1S/C23H43IO2/c1-2-3-4-5-6-7-8-9-10-11-12-13-14-15-17-20-23(25)26-22-19-16-18-21-24/h9-10H,2-8,11-22H2,1H3/b10-9-. The summed E-state index contributed by atoms with van der Waals surface area (Å²) in [6.07, 6.45) is 25.5. The molecular formula is C23H43IO2. The minimum atomic E-state index is -0.00268. The lowest BCUT2D eigenvalue weighted by Crippen LogP contribution is -2.05. The molecule has 0 bridgehead atoms. The summed E-state index contributed by atoms with van der Waals surface area (Å²) in [6.45, 7) is 2.88. The molecule has 0 radical (unpaired) electrons. The van der Waals surface area contributed by atoms with Crippen molar-refractivity contribution in [1.82, 2.24) is 0 Å². The molecule has 0 aliphatic carbocycles. The number of carbonyl (C=O) groups is 1. The maximum atomic E-state index is 11.6. The lowest BCUT2D eigenvalue weighted by Gasteiger charge is -2.04. The third-order valence-corrected chi connectivity index (χ3v) is 5.45. The highest BCUT2D eigenvalue weighted by Gasteiger charge is 2.02. The lowest BCUT2D eigenvalue weighted by atomic mass is 10.1. The minimum absolute atomic E-state index is 0.00268. The van der Waals surface area contributed by atoms with Gasteiger partial charge < -0.3 is 4.74 Å². The number of ether oxygens (including phenoxy) is 1. The summed E-state index contributed by atoms with van der Waals surface area (Å²) < 4.78 is 6.45. The molecule has 0 spiro atoms. The van der Waals surface area contributed by atoms with Crippen LogP contribution in [0, 0.1) is 0 Å². The Bertz CT molecular complexity index is 315. The molecule has 0 heterocycles. The molecule has 0 atom stereocenters. The number of rotatable bonds is 20. The van der Waals surface area contributed by atoms with Crippen LogP contribution in [0.3, 0.4) is 0 Å². The van der Waals surface area contributed by atoms with Gasteiger partial charge in [-0.1, -0.05) is 93.0 Å². The maximum absolute atomic E-state index is 11.6. The van der Waals surface area contributed by atoms with Crippen molar-refractivity contribution in [1.29, 1.82) is 0 Å². The van der Waals surface area contributed by atoms with E-state index in [1.807, 2.05) is 0 Å². The van der Waals surface area contributed by atoms with E-state index in [1.165, 1.54) is 87.9 Å². The molecule has 0 N–H and O–H groups in total. The average Bonchev–Trinajstić information content (AvgIpc) is 2.64. The van der Waals surface area contributed by atoms with Gasteiger partial charge in [0, 0.05) is 6.42 Å². The maximum Gasteiger partial charge on any atom is 0.305 e. The molecule has 0 unspecified atom stereocenters. The van der Waals surface area contributed by atoms with Gasteiger partial charge in [-0.3, -0.25) is 4.79 Å². The largest absolute Gasteiger partial charge is 0.466 e. The van der Waals surface area contributed by atoms with Crippen molar-refractivity contribution in [3.8, 4) is 0 Å². The first kappa shape index (κ1) is 25.9. The van der Waals surface area contributed by atoms with Gasteiger partial charge in [-0.05, 0) is 55.8 Å². The first-order valence-electron chi connectivity index (χ1n) is 11.2. The molecule has 0 saturated carbocycles. The van der Waals surface area contributed by atoms with E-state index in [9.17, 15) is 4.79 Å². The number of alkyl halides is 1. The van der Waals surface area contributed by atoms with Crippen LogP contribution >= 0.6 is 22.6 Å². The van der Waals surface area contributed by atoms with Gasteiger partial charge in [-0.2, -0.15) is 0 Å². The highest BCUT2D eigenvalue weighted by molar-refractivity contribution is 14.1. The fourth-order valence-corrected chi connectivity index (χ4v) is 3.51. The first-order valence-corrected chi connectivity index (χ1v) is 12.7. The predicted molar refractivity (Wildman–Crippen MR) is 123 cm³/mol. The number of hydrogen-bond acceptors (Lipinski definition) is 2. The number of carbonyl (C=O) groups excluding carboxylic acids is 1. The Morgan fingerprint density at radius 1 is 0.731 bits per heavy atom.